The smallest absolute Gasteiger partial charge is 0.259 e. The van der Waals surface area contributed by atoms with Crippen LogP contribution in [-0.2, 0) is 0 Å². The summed E-state index contributed by atoms with van der Waals surface area (Å²) in [7, 11) is 0. The molecular weight excluding hydrogens is 300 g/mol. The summed E-state index contributed by atoms with van der Waals surface area (Å²) in [6.07, 6.45) is 0. The van der Waals surface area contributed by atoms with Gasteiger partial charge in [-0.3, -0.25) is 4.79 Å². The molecule has 0 bridgehead atoms. The summed E-state index contributed by atoms with van der Waals surface area (Å²) >= 11 is 0. The number of rotatable bonds is 4. The van der Waals surface area contributed by atoms with Gasteiger partial charge in [0.05, 0.1) is 16.8 Å². The fraction of sp³-hybridized carbons (Fsp3) is 0. The lowest BCUT2D eigenvalue weighted by atomic mass is 10.1. The molecule has 0 aliphatic rings. The van der Waals surface area contributed by atoms with Crippen molar-refractivity contribution in [2.45, 2.75) is 0 Å². The predicted octanol–water partition coefficient (Wildman–Crippen LogP) is 4.60. The maximum atomic E-state index is 12.6. The van der Waals surface area contributed by atoms with Crippen LogP contribution in [0, 0.1) is 11.3 Å². The molecular formula is C20H14N2O2. The zero-order chi connectivity index (χ0) is 16.8. The lowest BCUT2D eigenvalue weighted by molar-refractivity contribution is 0.102. The number of carbonyl (C=O) groups is 1. The first-order chi connectivity index (χ1) is 11.8. The number of nitriles is 1. The summed E-state index contributed by atoms with van der Waals surface area (Å²) < 4.78 is 5.80. The van der Waals surface area contributed by atoms with Gasteiger partial charge in [-0.25, -0.2) is 0 Å². The van der Waals surface area contributed by atoms with Crippen molar-refractivity contribution >= 4 is 11.6 Å². The predicted molar refractivity (Wildman–Crippen MR) is 92.1 cm³/mol. The van der Waals surface area contributed by atoms with Crippen LogP contribution in [0.5, 0.6) is 11.5 Å². The van der Waals surface area contributed by atoms with Crippen LogP contribution in [0.15, 0.2) is 78.9 Å². The highest BCUT2D eigenvalue weighted by Crippen LogP contribution is 2.26. The summed E-state index contributed by atoms with van der Waals surface area (Å²) in [5.74, 6) is 0.773. The van der Waals surface area contributed by atoms with Crippen LogP contribution < -0.4 is 10.1 Å². The van der Waals surface area contributed by atoms with Gasteiger partial charge in [-0.15, -0.1) is 0 Å². The summed E-state index contributed by atoms with van der Waals surface area (Å²) in [5.41, 5.74) is 1.28. The van der Waals surface area contributed by atoms with Crippen LogP contribution in [0.1, 0.15) is 15.9 Å². The zero-order valence-corrected chi connectivity index (χ0v) is 12.8. The maximum Gasteiger partial charge on any atom is 0.259 e. The number of ether oxygens (including phenoxy) is 1. The Balaban J connectivity index is 1.87. The fourth-order valence-corrected chi connectivity index (χ4v) is 2.24. The number of benzene rings is 3. The van der Waals surface area contributed by atoms with E-state index in [9.17, 15) is 4.79 Å². The molecule has 0 heterocycles. The summed E-state index contributed by atoms with van der Waals surface area (Å²) in [5, 5.41) is 11.9. The summed E-state index contributed by atoms with van der Waals surface area (Å²) in [6, 6.07) is 25.2. The van der Waals surface area contributed by atoms with Gasteiger partial charge in [0.1, 0.15) is 17.6 Å². The van der Waals surface area contributed by atoms with Crippen LogP contribution in [0.4, 0.5) is 5.69 Å². The van der Waals surface area contributed by atoms with E-state index in [2.05, 4.69) is 11.4 Å². The Labute approximate surface area is 139 Å². The molecule has 0 atom stereocenters. The molecule has 3 rings (SSSR count). The third-order valence-electron chi connectivity index (χ3n) is 3.40. The van der Waals surface area contributed by atoms with Crippen LogP contribution in [0.3, 0.4) is 0 Å². The minimum atomic E-state index is -0.329. The van der Waals surface area contributed by atoms with E-state index in [1.54, 1.807) is 48.5 Å². The van der Waals surface area contributed by atoms with Crippen molar-refractivity contribution in [2.75, 3.05) is 5.32 Å². The topological polar surface area (TPSA) is 62.1 Å². The second-order valence-corrected chi connectivity index (χ2v) is 5.02. The first kappa shape index (κ1) is 15.3. The van der Waals surface area contributed by atoms with E-state index in [0.717, 1.165) is 0 Å². The van der Waals surface area contributed by atoms with Crippen molar-refractivity contribution in [3.63, 3.8) is 0 Å². The van der Waals surface area contributed by atoms with Crippen molar-refractivity contribution < 1.29 is 9.53 Å². The highest BCUT2D eigenvalue weighted by molar-refractivity contribution is 6.06. The second kappa shape index (κ2) is 7.12. The standard InChI is InChI=1S/C20H14N2O2/c21-14-15-8-4-6-12-18(15)22-20(23)17-11-5-7-13-19(17)24-16-9-2-1-3-10-16/h1-13H,(H,22,23). The molecule has 0 saturated heterocycles. The number of hydrogen-bond donors (Lipinski definition) is 1. The molecule has 0 spiro atoms. The summed E-state index contributed by atoms with van der Waals surface area (Å²) in [4.78, 5) is 12.6. The van der Waals surface area contributed by atoms with Crippen LogP contribution in [0.2, 0.25) is 0 Å². The van der Waals surface area contributed by atoms with Crippen molar-refractivity contribution in [1.82, 2.24) is 0 Å². The van der Waals surface area contributed by atoms with Gasteiger partial charge in [0, 0.05) is 0 Å². The van der Waals surface area contributed by atoms with Crippen LogP contribution >= 0.6 is 0 Å². The minimum absolute atomic E-state index is 0.329. The Morgan fingerprint density at radius 3 is 2.33 bits per heavy atom. The number of nitrogens with one attached hydrogen (secondary N) is 1. The molecule has 1 amide bonds. The highest BCUT2D eigenvalue weighted by atomic mass is 16.5. The number of para-hydroxylation sites is 3. The maximum absolute atomic E-state index is 12.6. The first-order valence-corrected chi connectivity index (χ1v) is 7.40. The van der Waals surface area contributed by atoms with E-state index in [1.165, 1.54) is 0 Å². The van der Waals surface area contributed by atoms with Gasteiger partial charge in [0.2, 0.25) is 0 Å². The molecule has 3 aromatic carbocycles. The highest BCUT2D eigenvalue weighted by Gasteiger charge is 2.14. The minimum Gasteiger partial charge on any atom is -0.457 e. The lowest BCUT2D eigenvalue weighted by Gasteiger charge is -2.12. The van der Waals surface area contributed by atoms with Gasteiger partial charge in [-0.2, -0.15) is 5.26 Å². The van der Waals surface area contributed by atoms with E-state index in [0.29, 0.717) is 28.3 Å². The average molecular weight is 314 g/mol. The van der Waals surface area contributed by atoms with Crippen molar-refractivity contribution in [3.05, 3.63) is 90.0 Å². The Bertz CT molecular complexity index is 899. The molecule has 0 fully saturated rings. The van der Waals surface area contributed by atoms with E-state index < -0.39 is 0 Å². The first-order valence-electron chi connectivity index (χ1n) is 7.40. The number of hydrogen-bond acceptors (Lipinski definition) is 3. The van der Waals surface area contributed by atoms with Gasteiger partial charge in [0.25, 0.3) is 5.91 Å². The number of anilines is 1. The van der Waals surface area contributed by atoms with Gasteiger partial charge < -0.3 is 10.1 Å². The van der Waals surface area contributed by atoms with E-state index >= 15 is 0 Å². The third kappa shape index (κ3) is 3.42. The molecule has 116 valence electrons. The van der Waals surface area contributed by atoms with Gasteiger partial charge in [-0.05, 0) is 36.4 Å². The Kier molecular flexibility index (Phi) is 4.55. The Morgan fingerprint density at radius 1 is 0.875 bits per heavy atom. The Morgan fingerprint density at radius 2 is 1.54 bits per heavy atom. The number of carbonyl (C=O) groups excluding carboxylic acids is 1. The molecule has 0 aliphatic carbocycles. The molecule has 24 heavy (non-hydrogen) atoms. The Hall–Kier alpha value is -3.58. The van der Waals surface area contributed by atoms with Gasteiger partial charge in [0.15, 0.2) is 0 Å². The molecule has 0 saturated carbocycles. The number of nitrogens with zero attached hydrogens (tertiary/aromatic N) is 1. The molecule has 4 nitrogen and oxygen atoms in total. The zero-order valence-electron chi connectivity index (χ0n) is 12.8. The molecule has 4 heteroatoms. The normalized spacial score (nSPS) is 9.79. The van der Waals surface area contributed by atoms with Crippen molar-refractivity contribution in [3.8, 4) is 17.6 Å². The van der Waals surface area contributed by atoms with E-state index in [-0.39, 0.29) is 5.91 Å². The van der Waals surface area contributed by atoms with E-state index in [1.807, 2.05) is 30.3 Å². The van der Waals surface area contributed by atoms with Gasteiger partial charge >= 0.3 is 0 Å². The van der Waals surface area contributed by atoms with Crippen LogP contribution in [0.25, 0.3) is 0 Å². The van der Waals surface area contributed by atoms with E-state index in [4.69, 9.17) is 10.00 Å². The molecule has 0 radical (unpaired) electrons. The monoisotopic (exact) mass is 314 g/mol. The van der Waals surface area contributed by atoms with Crippen molar-refractivity contribution in [2.24, 2.45) is 0 Å². The lowest BCUT2D eigenvalue weighted by Crippen LogP contribution is -2.13. The molecule has 1 N–H and O–H groups in total. The summed E-state index contributed by atoms with van der Waals surface area (Å²) in [6.45, 7) is 0. The molecule has 0 aliphatic heterocycles. The molecule has 3 aromatic rings. The second-order valence-electron chi connectivity index (χ2n) is 5.02. The quantitative estimate of drug-likeness (QED) is 0.765. The SMILES string of the molecule is N#Cc1ccccc1NC(=O)c1ccccc1Oc1ccccc1. The largest absolute Gasteiger partial charge is 0.457 e. The van der Waals surface area contributed by atoms with Gasteiger partial charge in [-0.1, -0.05) is 42.5 Å². The molecule has 0 aromatic heterocycles. The number of amides is 1. The van der Waals surface area contributed by atoms with Crippen molar-refractivity contribution in [1.29, 1.82) is 5.26 Å². The fourth-order valence-electron chi connectivity index (χ4n) is 2.24. The third-order valence-corrected chi connectivity index (χ3v) is 3.40. The van der Waals surface area contributed by atoms with Crippen LogP contribution in [-0.4, -0.2) is 5.91 Å². The molecule has 0 unspecified atom stereocenters. The average Bonchev–Trinajstić information content (AvgIpc) is 2.63.